The number of unbranched alkanes of at least 4 members (excludes halogenated alkanes) is 3. The molecular weight excluding hydrogens is 206 g/mol. The molecule has 0 saturated heterocycles. The molecule has 2 N–H and O–H groups in total. The Kier molecular flexibility index (Phi) is 7.60. The Hall–Kier alpha value is -1.06. The number of amides is 1. The highest BCUT2D eigenvalue weighted by atomic mass is 16.4. The maximum Gasteiger partial charge on any atom is 0.326 e. The largest absolute Gasteiger partial charge is 0.480 e. The van der Waals surface area contributed by atoms with Gasteiger partial charge in [-0.2, -0.15) is 0 Å². The molecule has 0 spiro atoms. The highest BCUT2D eigenvalue weighted by molar-refractivity contribution is 5.83. The first-order valence-corrected chi connectivity index (χ1v) is 6.01. The lowest BCUT2D eigenvalue weighted by Crippen LogP contribution is -2.44. The van der Waals surface area contributed by atoms with E-state index >= 15 is 0 Å². The fraction of sp³-hybridized carbons (Fsp3) is 0.833. The molecule has 0 radical (unpaired) electrons. The number of hydrogen-bond donors (Lipinski definition) is 2. The van der Waals surface area contributed by atoms with E-state index in [2.05, 4.69) is 12.2 Å². The minimum absolute atomic E-state index is 0.0860. The van der Waals surface area contributed by atoms with Crippen LogP contribution in [0.5, 0.6) is 0 Å². The molecule has 0 unspecified atom stereocenters. The molecule has 16 heavy (non-hydrogen) atoms. The molecule has 4 heteroatoms. The van der Waals surface area contributed by atoms with Crippen LogP contribution in [0.2, 0.25) is 0 Å². The minimum Gasteiger partial charge on any atom is -0.480 e. The number of carbonyl (C=O) groups excluding carboxylic acids is 1. The average Bonchev–Trinajstić information content (AvgIpc) is 2.20. The predicted molar refractivity (Wildman–Crippen MR) is 63.2 cm³/mol. The summed E-state index contributed by atoms with van der Waals surface area (Å²) in [5.41, 5.74) is 0. The van der Waals surface area contributed by atoms with Crippen molar-refractivity contribution in [1.29, 1.82) is 0 Å². The van der Waals surface area contributed by atoms with Crippen molar-refractivity contribution in [3.63, 3.8) is 0 Å². The van der Waals surface area contributed by atoms with Crippen LogP contribution < -0.4 is 5.32 Å². The lowest BCUT2D eigenvalue weighted by Gasteiger charge is -2.17. The zero-order valence-electron chi connectivity index (χ0n) is 10.5. The summed E-state index contributed by atoms with van der Waals surface area (Å²) in [6, 6.07) is -0.765. The second kappa shape index (κ2) is 8.13. The third-order valence-electron chi connectivity index (χ3n) is 2.51. The molecule has 0 aliphatic heterocycles. The average molecular weight is 229 g/mol. The van der Waals surface area contributed by atoms with Crippen molar-refractivity contribution in [2.75, 3.05) is 0 Å². The topological polar surface area (TPSA) is 66.4 Å². The van der Waals surface area contributed by atoms with Crippen LogP contribution in [0, 0.1) is 5.92 Å². The van der Waals surface area contributed by atoms with E-state index in [0.717, 1.165) is 25.7 Å². The summed E-state index contributed by atoms with van der Waals surface area (Å²) in [5, 5.41) is 11.4. The second-order valence-electron chi connectivity index (χ2n) is 4.44. The van der Waals surface area contributed by atoms with Crippen molar-refractivity contribution in [2.24, 2.45) is 5.92 Å². The van der Waals surface area contributed by atoms with E-state index in [0.29, 0.717) is 6.42 Å². The number of carboxylic acids is 1. The van der Waals surface area contributed by atoms with Gasteiger partial charge >= 0.3 is 5.97 Å². The van der Waals surface area contributed by atoms with Crippen molar-refractivity contribution >= 4 is 11.9 Å². The Bertz CT molecular complexity index is 226. The van der Waals surface area contributed by atoms with E-state index in [-0.39, 0.29) is 11.8 Å². The highest BCUT2D eigenvalue weighted by Crippen LogP contribution is 2.05. The van der Waals surface area contributed by atoms with Crippen LogP contribution in [0.1, 0.15) is 52.9 Å². The van der Waals surface area contributed by atoms with Gasteiger partial charge in [0.25, 0.3) is 0 Å². The SMILES string of the molecule is CCCCCCC(=O)N[C@@H](C(=O)O)C(C)C. The number of hydrogen-bond acceptors (Lipinski definition) is 2. The van der Waals surface area contributed by atoms with E-state index in [1.807, 2.05) is 0 Å². The van der Waals surface area contributed by atoms with E-state index in [1.165, 1.54) is 0 Å². The molecule has 0 bridgehead atoms. The predicted octanol–water partition coefficient (Wildman–Crippen LogP) is 2.18. The van der Waals surface area contributed by atoms with Crippen LogP contribution in [0.25, 0.3) is 0 Å². The summed E-state index contributed by atoms with van der Waals surface area (Å²) in [6.07, 6.45) is 4.55. The van der Waals surface area contributed by atoms with Crippen LogP contribution in [0.4, 0.5) is 0 Å². The first-order valence-electron chi connectivity index (χ1n) is 6.01. The maximum atomic E-state index is 11.5. The molecule has 0 aliphatic carbocycles. The van der Waals surface area contributed by atoms with Crippen molar-refractivity contribution in [2.45, 2.75) is 58.9 Å². The summed E-state index contributed by atoms with van der Waals surface area (Å²) in [4.78, 5) is 22.3. The summed E-state index contributed by atoms with van der Waals surface area (Å²) in [6.45, 7) is 5.69. The van der Waals surface area contributed by atoms with Crippen molar-refractivity contribution in [3.8, 4) is 0 Å². The zero-order chi connectivity index (χ0) is 12.6. The van der Waals surface area contributed by atoms with Gasteiger partial charge in [0.15, 0.2) is 0 Å². The number of carbonyl (C=O) groups is 2. The van der Waals surface area contributed by atoms with E-state index in [4.69, 9.17) is 5.11 Å². The van der Waals surface area contributed by atoms with Gasteiger partial charge in [-0.05, 0) is 12.3 Å². The Balaban J connectivity index is 3.87. The summed E-state index contributed by atoms with van der Waals surface area (Å²) < 4.78 is 0. The van der Waals surface area contributed by atoms with Gasteiger partial charge in [0.2, 0.25) is 5.91 Å². The van der Waals surface area contributed by atoms with E-state index < -0.39 is 12.0 Å². The van der Waals surface area contributed by atoms with Crippen LogP contribution in [0.3, 0.4) is 0 Å². The van der Waals surface area contributed by atoms with Gasteiger partial charge in [-0.3, -0.25) is 4.79 Å². The zero-order valence-corrected chi connectivity index (χ0v) is 10.5. The third-order valence-corrected chi connectivity index (χ3v) is 2.51. The third kappa shape index (κ3) is 6.43. The summed E-state index contributed by atoms with van der Waals surface area (Å²) in [5.74, 6) is -1.20. The Morgan fingerprint density at radius 2 is 1.81 bits per heavy atom. The molecule has 1 amide bonds. The van der Waals surface area contributed by atoms with Crippen LogP contribution in [-0.2, 0) is 9.59 Å². The maximum absolute atomic E-state index is 11.5. The van der Waals surface area contributed by atoms with Gasteiger partial charge in [0, 0.05) is 6.42 Å². The number of aliphatic carboxylic acids is 1. The van der Waals surface area contributed by atoms with E-state index in [1.54, 1.807) is 13.8 Å². The molecule has 0 aromatic rings. The van der Waals surface area contributed by atoms with Crippen LogP contribution >= 0.6 is 0 Å². The first kappa shape index (κ1) is 14.9. The molecule has 4 nitrogen and oxygen atoms in total. The summed E-state index contributed by atoms with van der Waals surface area (Å²) in [7, 11) is 0. The molecule has 0 heterocycles. The van der Waals surface area contributed by atoms with Crippen molar-refractivity contribution in [1.82, 2.24) is 5.32 Å². The fourth-order valence-corrected chi connectivity index (χ4v) is 1.47. The second-order valence-corrected chi connectivity index (χ2v) is 4.44. The normalized spacial score (nSPS) is 12.5. The van der Waals surface area contributed by atoms with Gasteiger partial charge in [-0.25, -0.2) is 4.79 Å². The lowest BCUT2D eigenvalue weighted by atomic mass is 10.0. The number of nitrogens with one attached hydrogen (secondary N) is 1. The fourth-order valence-electron chi connectivity index (χ4n) is 1.47. The lowest BCUT2D eigenvalue weighted by molar-refractivity contribution is -0.143. The Morgan fingerprint density at radius 3 is 2.25 bits per heavy atom. The Labute approximate surface area is 97.4 Å². The van der Waals surface area contributed by atoms with Gasteiger partial charge < -0.3 is 10.4 Å². The molecule has 0 aliphatic rings. The standard InChI is InChI=1S/C12H23NO3/c1-4-5-6-7-8-10(14)13-11(9(2)3)12(15)16/h9,11H,4-8H2,1-3H3,(H,13,14)(H,15,16)/t11-/m1/s1. The minimum atomic E-state index is -0.961. The Morgan fingerprint density at radius 1 is 1.19 bits per heavy atom. The van der Waals surface area contributed by atoms with Gasteiger partial charge in [0.05, 0.1) is 0 Å². The van der Waals surface area contributed by atoms with Gasteiger partial charge in [0.1, 0.15) is 6.04 Å². The van der Waals surface area contributed by atoms with Gasteiger partial charge in [-0.1, -0.05) is 40.0 Å². The molecule has 0 aromatic heterocycles. The monoisotopic (exact) mass is 229 g/mol. The quantitative estimate of drug-likeness (QED) is 0.627. The molecule has 0 saturated carbocycles. The number of carboxylic acid groups (broad SMARTS) is 1. The van der Waals surface area contributed by atoms with Crippen LogP contribution in [0.15, 0.2) is 0 Å². The first-order chi connectivity index (χ1) is 7.49. The van der Waals surface area contributed by atoms with E-state index in [9.17, 15) is 9.59 Å². The molecule has 0 aromatic carbocycles. The molecular formula is C12H23NO3. The number of rotatable bonds is 8. The molecule has 0 rings (SSSR count). The molecule has 0 fully saturated rings. The van der Waals surface area contributed by atoms with Gasteiger partial charge in [-0.15, -0.1) is 0 Å². The van der Waals surface area contributed by atoms with Crippen LogP contribution in [-0.4, -0.2) is 23.0 Å². The molecule has 94 valence electrons. The smallest absolute Gasteiger partial charge is 0.326 e. The van der Waals surface area contributed by atoms with Crippen molar-refractivity contribution in [3.05, 3.63) is 0 Å². The summed E-state index contributed by atoms with van der Waals surface area (Å²) >= 11 is 0. The highest BCUT2D eigenvalue weighted by Gasteiger charge is 2.22. The molecule has 1 atom stereocenters. The van der Waals surface area contributed by atoms with Crippen molar-refractivity contribution < 1.29 is 14.7 Å².